The van der Waals surface area contributed by atoms with E-state index in [4.69, 9.17) is 5.73 Å². The molecule has 0 radical (unpaired) electrons. The van der Waals surface area contributed by atoms with Crippen LogP contribution in [0.2, 0.25) is 0 Å². The van der Waals surface area contributed by atoms with Gasteiger partial charge in [0.1, 0.15) is 0 Å². The van der Waals surface area contributed by atoms with Crippen molar-refractivity contribution >= 4 is 21.4 Å². The molecule has 92 valence electrons. The van der Waals surface area contributed by atoms with Gasteiger partial charge in [-0.1, -0.05) is 18.2 Å². The SMILES string of the molecule is CC(c1cc2ccccc2s1)N(C)CCCN. The van der Waals surface area contributed by atoms with Gasteiger partial charge in [0, 0.05) is 15.6 Å². The number of thiophene rings is 1. The third kappa shape index (κ3) is 2.86. The van der Waals surface area contributed by atoms with Gasteiger partial charge in [-0.2, -0.15) is 0 Å². The van der Waals surface area contributed by atoms with Crippen LogP contribution in [0.4, 0.5) is 0 Å². The zero-order valence-corrected chi connectivity index (χ0v) is 11.3. The maximum absolute atomic E-state index is 5.55. The first-order valence-electron chi connectivity index (χ1n) is 6.11. The van der Waals surface area contributed by atoms with Crippen LogP contribution >= 0.6 is 11.3 Å². The Morgan fingerprint density at radius 3 is 2.82 bits per heavy atom. The summed E-state index contributed by atoms with van der Waals surface area (Å²) in [6, 6.07) is 11.4. The molecule has 1 aromatic heterocycles. The Morgan fingerprint density at radius 1 is 1.35 bits per heavy atom. The van der Waals surface area contributed by atoms with Crippen molar-refractivity contribution in [2.24, 2.45) is 5.73 Å². The lowest BCUT2D eigenvalue weighted by Gasteiger charge is -2.23. The summed E-state index contributed by atoms with van der Waals surface area (Å²) in [5.74, 6) is 0. The van der Waals surface area contributed by atoms with E-state index in [0.29, 0.717) is 6.04 Å². The molecule has 0 amide bonds. The lowest BCUT2D eigenvalue weighted by molar-refractivity contribution is 0.263. The molecule has 2 rings (SSSR count). The number of hydrogen-bond acceptors (Lipinski definition) is 3. The molecule has 1 heterocycles. The van der Waals surface area contributed by atoms with Gasteiger partial charge in [-0.25, -0.2) is 0 Å². The smallest absolute Gasteiger partial charge is 0.0410 e. The van der Waals surface area contributed by atoms with Crippen LogP contribution in [0, 0.1) is 0 Å². The minimum absolute atomic E-state index is 0.471. The first kappa shape index (κ1) is 12.6. The molecule has 0 saturated carbocycles. The summed E-state index contributed by atoms with van der Waals surface area (Å²) in [6.07, 6.45) is 1.06. The first-order chi connectivity index (χ1) is 8.22. The summed E-state index contributed by atoms with van der Waals surface area (Å²) in [4.78, 5) is 3.81. The third-order valence-corrected chi connectivity index (χ3v) is 4.52. The zero-order chi connectivity index (χ0) is 12.3. The number of nitrogens with zero attached hydrogens (tertiary/aromatic N) is 1. The van der Waals surface area contributed by atoms with Crippen LogP contribution < -0.4 is 5.73 Å². The molecular formula is C14H20N2S. The molecule has 1 atom stereocenters. The van der Waals surface area contributed by atoms with Gasteiger partial charge in [-0.05, 0) is 51.0 Å². The Morgan fingerprint density at radius 2 is 2.12 bits per heavy atom. The maximum Gasteiger partial charge on any atom is 0.0410 e. The molecule has 0 saturated heterocycles. The molecule has 0 fully saturated rings. The molecule has 0 spiro atoms. The summed E-state index contributed by atoms with van der Waals surface area (Å²) in [5, 5.41) is 1.35. The van der Waals surface area contributed by atoms with Crippen molar-refractivity contribution in [3.8, 4) is 0 Å². The van der Waals surface area contributed by atoms with Gasteiger partial charge >= 0.3 is 0 Å². The molecular weight excluding hydrogens is 228 g/mol. The predicted octanol–water partition coefficient (Wildman–Crippen LogP) is 3.24. The fourth-order valence-corrected chi connectivity index (χ4v) is 3.14. The molecule has 0 aliphatic carbocycles. The van der Waals surface area contributed by atoms with Crippen LogP contribution in [0.15, 0.2) is 30.3 Å². The lowest BCUT2D eigenvalue weighted by Crippen LogP contribution is -2.24. The van der Waals surface area contributed by atoms with Crippen LogP contribution in [-0.2, 0) is 0 Å². The molecule has 0 aliphatic rings. The van der Waals surface area contributed by atoms with E-state index in [-0.39, 0.29) is 0 Å². The molecule has 3 heteroatoms. The van der Waals surface area contributed by atoms with Crippen LogP contribution in [-0.4, -0.2) is 25.0 Å². The van der Waals surface area contributed by atoms with E-state index in [0.717, 1.165) is 19.5 Å². The van der Waals surface area contributed by atoms with E-state index >= 15 is 0 Å². The molecule has 0 aliphatic heterocycles. The van der Waals surface area contributed by atoms with Crippen LogP contribution in [0.3, 0.4) is 0 Å². The van der Waals surface area contributed by atoms with Gasteiger partial charge in [-0.15, -0.1) is 11.3 Å². The van der Waals surface area contributed by atoms with Crippen LogP contribution in [0.25, 0.3) is 10.1 Å². The molecule has 2 nitrogen and oxygen atoms in total. The van der Waals surface area contributed by atoms with E-state index in [1.54, 1.807) is 0 Å². The van der Waals surface area contributed by atoms with Gasteiger partial charge < -0.3 is 5.73 Å². The van der Waals surface area contributed by atoms with Crippen molar-refractivity contribution < 1.29 is 0 Å². The van der Waals surface area contributed by atoms with Crippen molar-refractivity contribution in [3.63, 3.8) is 0 Å². The fourth-order valence-electron chi connectivity index (χ4n) is 1.96. The fraction of sp³-hybridized carbons (Fsp3) is 0.429. The van der Waals surface area contributed by atoms with Gasteiger partial charge in [0.05, 0.1) is 0 Å². The molecule has 0 bridgehead atoms. The monoisotopic (exact) mass is 248 g/mol. The molecule has 1 aromatic carbocycles. The molecule has 2 N–H and O–H groups in total. The van der Waals surface area contributed by atoms with E-state index in [9.17, 15) is 0 Å². The summed E-state index contributed by atoms with van der Waals surface area (Å²) in [6.45, 7) is 4.09. The minimum atomic E-state index is 0.471. The molecule has 17 heavy (non-hydrogen) atoms. The van der Waals surface area contributed by atoms with Crippen molar-refractivity contribution in [1.82, 2.24) is 4.90 Å². The van der Waals surface area contributed by atoms with Crippen molar-refractivity contribution in [2.45, 2.75) is 19.4 Å². The van der Waals surface area contributed by atoms with Gasteiger partial charge in [0.2, 0.25) is 0 Å². The summed E-state index contributed by atoms with van der Waals surface area (Å²) in [5.41, 5.74) is 5.55. The Labute approximate surface area is 107 Å². The second-order valence-electron chi connectivity index (χ2n) is 4.49. The largest absolute Gasteiger partial charge is 0.330 e. The topological polar surface area (TPSA) is 29.3 Å². The second kappa shape index (κ2) is 5.63. The quantitative estimate of drug-likeness (QED) is 0.880. The standard InChI is InChI=1S/C14H20N2S/c1-11(16(2)9-5-8-15)14-10-12-6-3-4-7-13(12)17-14/h3-4,6-7,10-11H,5,8-9,15H2,1-2H3. The Kier molecular flexibility index (Phi) is 4.15. The number of hydrogen-bond donors (Lipinski definition) is 1. The van der Waals surface area contributed by atoms with Crippen molar-refractivity contribution in [3.05, 3.63) is 35.2 Å². The number of fused-ring (bicyclic) bond motifs is 1. The Bertz CT molecular complexity index is 445. The minimum Gasteiger partial charge on any atom is -0.330 e. The van der Waals surface area contributed by atoms with Crippen LogP contribution in [0.5, 0.6) is 0 Å². The normalized spacial score (nSPS) is 13.4. The average molecular weight is 248 g/mol. The van der Waals surface area contributed by atoms with E-state index in [2.05, 4.69) is 49.2 Å². The number of rotatable bonds is 5. The highest BCUT2D eigenvalue weighted by Crippen LogP contribution is 2.31. The van der Waals surface area contributed by atoms with Gasteiger partial charge in [0.15, 0.2) is 0 Å². The highest BCUT2D eigenvalue weighted by Gasteiger charge is 2.13. The molecule has 2 aromatic rings. The van der Waals surface area contributed by atoms with E-state index < -0.39 is 0 Å². The van der Waals surface area contributed by atoms with E-state index in [1.807, 2.05) is 11.3 Å². The second-order valence-corrected chi connectivity index (χ2v) is 5.60. The van der Waals surface area contributed by atoms with Crippen LogP contribution in [0.1, 0.15) is 24.3 Å². The van der Waals surface area contributed by atoms with Crippen molar-refractivity contribution in [2.75, 3.05) is 20.1 Å². The number of benzene rings is 1. The Hall–Kier alpha value is -0.900. The van der Waals surface area contributed by atoms with Crippen molar-refractivity contribution in [1.29, 1.82) is 0 Å². The maximum atomic E-state index is 5.55. The zero-order valence-electron chi connectivity index (χ0n) is 10.5. The predicted molar refractivity (Wildman–Crippen MR) is 76.5 cm³/mol. The highest BCUT2D eigenvalue weighted by atomic mass is 32.1. The highest BCUT2D eigenvalue weighted by molar-refractivity contribution is 7.19. The Balaban J connectivity index is 2.15. The van der Waals surface area contributed by atoms with Gasteiger partial charge in [0.25, 0.3) is 0 Å². The number of nitrogens with two attached hydrogens (primary N) is 1. The average Bonchev–Trinajstić information content (AvgIpc) is 2.78. The third-order valence-electron chi connectivity index (χ3n) is 3.23. The summed E-state index contributed by atoms with van der Waals surface area (Å²) >= 11 is 1.89. The lowest BCUT2D eigenvalue weighted by atomic mass is 10.2. The molecule has 1 unspecified atom stereocenters. The van der Waals surface area contributed by atoms with E-state index in [1.165, 1.54) is 15.0 Å². The van der Waals surface area contributed by atoms with Gasteiger partial charge in [-0.3, -0.25) is 4.90 Å². The summed E-state index contributed by atoms with van der Waals surface area (Å²) < 4.78 is 1.38. The first-order valence-corrected chi connectivity index (χ1v) is 6.93. The summed E-state index contributed by atoms with van der Waals surface area (Å²) in [7, 11) is 2.17.